The molecule has 6 heteroatoms. The first-order valence-electron chi connectivity index (χ1n) is 5.90. The zero-order chi connectivity index (χ0) is 14.7. The molecule has 0 saturated carbocycles. The predicted molar refractivity (Wildman–Crippen MR) is 79.3 cm³/mol. The lowest BCUT2D eigenvalue weighted by Crippen LogP contribution is -2.03. The zero-order valence-electron chi connectivity index (χ0n) is 10.7. The van der Waals surface area contributed by atoms with Crippen molar-refractivity contribution in [1.29, 1.82) is 0 Å². The summed E-state index contributed by atoms with van der Waals surface area (Å²) in [5.74, 6) is -0.261. The second kappa shape index (κ2) is 6.00. The molecule has 0 atom stereocenters. The molecule has 0 aromatic heterocycles. The van der Waals surface area contributed by atoms with Crippen molar-refractivity contribution in [1.82, 2.24) is 0 Å². The SMILES string of the molecule is Cc1cc(CNc2ccc(Br)cc2[N+](=O)[O-])ccc1F. The van der Waals surface area contributed by atoms with E-state index in [9.17, 15) is 14.5 Å². The van der Waals surface area contributed by atoms with E-state index in [1.54, 1.807) is 31.2 Å². The highest BCUT2D eigenvalue weighted by atomic mass is 79.9. The number of nitrogens with zero attached hydrogens (tertiary/aromatic N) is 1. The van der Waals surface area contributed by atoms with Crippen molar-refractivity contribution < 1.29 is 9.31 Å². The summed E-state index contributed by atoms with van der Waals surface area (Å²) in [4.78, 5) is 10.5. The average molecular weight is 339 g/mol. The van der Waals surface area contributed by atoms with Crippen LogP contribution in [0, 0.1) is 22.9 Å². The van der Waals surface area contributed by atoms with E-state index in [4.69, 9.17) is 0 Å². The summed E-state index contributed by atoms with van der Waals surface area (Å²) < 4.78 is 13.8. The summed E-state index contributed by atoms with van der Waals surface area (Å²) >= 11 is 3.20. The topological polar surface area (TPSA) is 55.2 Å². The highest BCUT2D eigenvalue weighted by Crippen LogP contribution is 2.28. The largest absolute Gasteiger partial charge is 0.375 e. The van der Waals surface area contributed by atoms with E-state index in [1.807, 2.05) is 0 Å². The maximum atomic E-state index is 13.2. The van der Waals surface area contributed by atoms with Crippen LogP contribution in [0.4, 0.5) is 15.8 Å². The van der Waals surface area contributed by atoms with Crippen LogP contribution in [0.2, 0.25) is 0 Å². The number of rotatable bonds is 4. The van der Waals surface area contributed by atoms with Crippen molar-refractivity contribution in [2.24, 2.45) is 0 Å². The molecule has 20 heavy (non-hydrogen) atoms. The van der Waals surface area contributed by atoms with Gasteiger partial charge in [0, 0.05) is 17.1 Å². The van der Waals surface area contributed by atoms with Gasteiger partial charge >= 0.3 is 0 Å². The molecule has 0 spiro atoms. The van der Waals surface area contributed by atoms with Crippen LogP contribution < -0.4 is 5.32 Å². The molecule has 0 heterocycles. The van der Waals surface area contributed by atoms with Gasteiger partial charge in [-0.2, -0.15) is 0 Å². The lowest BCUT2D eigenvalue weighted by molar-refractivity contribution is -0.384. The monoisotopic (exact) mass is 338 g/mol. The van der Waals surface area contributed by atoms with Crippen LogP contribution in [0.3, 0.4) is 0 Å². The molecule has 0 amide bonds. The molecular weight excluding hydrogens is 327 g/mol. The standard InChI is InChI=1S/C14H12BrFN2O2/c1-9-6-10(2-4-12(9)16)8-17-13-5-3-11(15)7-14(13)18(19)20/h2-7,17H,8H2,1H3. The molecule has 0 bridgehead atoms. The van der Waals surface area contributed by atoms with Gasteiger partial charge in [-0.1, -0.05) is 28.1 Å². The minimum atomic E-state index is -0.441. The molecule has 0 fully saturated rings. The van der Waals surface area contributed by atoms with E-state index in [-0.39, 0.29) is 11.5 Å². The van der Waals surface area contributed by atoms with Gasteiger partial charge in [-0.15, -0.1) is 0 Å². The van der Waals surface area contributed by atoms with Gasteiger partial charge in [-0.05, 0) is 36.2 Å². The van der Waals surface area contributed by atoms with Crippen LogP contribution in [-0.4, -0.2) is 4.92 Å². The number of aryl methyl sites for hydroxylation is 1. The molecule has 2 aromatic rings. The summed E-state index contributed by atoms with van der Waals surface area (Å²) in [6.45, 7) is 2.07. The minimum Gasteiger partial charge on any atom is -0.375 e. The van der Waals surface area contributed by atoms with E-state index in [2.05, 4.69) is 21.2 Å². The van der Waals surface area contributed by atoms with Gasteiger partial charge in [0.15, 0.2) is 0 Å². The lowest BCUT2D eigenvalue weighted by atomic mass is 10.1. The second-order valence-electron chi connectivity index (χ2n) is 4.36. The number of nitrogens with one attached hydrogen (secondary N) is 1. The summed E-state index contributed by atoms with van der Waals surface area (Å²) in [6, 6.07) is 9.57. The fourth-order valence-corrected chi connectivity index (χ4v) is 2.17. The van der Waals surface area contributed by atoms with Crippen molar-refractivity contribution in [3.63, 3.8) is 0 Å². The molecule has 4 nitrogen and oxygen atoms in total. The Morgan fingerprint density at radius 2 is 2.05 bits per heavy atom. The first kappa shape index (κ1) is 14.5. The molecule has 0 unspecified atom stereocenters. The number of nitro benzene ring substituents is 1. The summed E-state index contributed by atoms with van der Waals surface area (Å²) in [6.07, 6.45) is 0. The van der Waals surface area contributed by atoms with E-state index in [0.717, 1.165) is 5.56 Å². The van der Waals surface area contributed by atoms with Crippen LogP contribution in [0.1, 0.15) is 11.1 Å². The van der Waals surface area contributed by atoms with Crippen molar-refractivity contribution in [2.45, 2.75) is 13.5 Å². The first-order chi connectivity index (χ1) is 9.47. The van der Waals surface area contributed by atoms with Crippen LogP contribution in [-0.2, 0) is 6.54 Å². The van der Waals surface area contributed by atoms with Crippen LogP contribution in [0.25, 0.3) is 0 Å². The maximum Gasteiger partial charge on any atom is 0.293 e. The van der Waals surface area contributed by atoms with Gasteiger partial charge in [-0.3, -0.25) is 10.1 Å². The molecule has 2 aromatic carbocycles. The Labute approximate surface area is 123 Å². The Balaban J connectivity index is 2.18. The highest BCUT2D eigenvalue weighted by Gasteiger charge is 2.13. The number of halogens is 2. The number of hydrogen-bond acceptors (Lipinski definition) is 3. The molecule has 2 rings (SSSR count). The number of hydrogen-bond donors (Lipinski definition) is 1. The van der Waals surface area contributed by atoms with Crippen molar-refractivity contribution in [3.8, 4) is 0 Å². The molecule has 0 aliphatic heterocycles. The number of anilines is 1. The summed E-state index contributed by atoms with van der Waals surface area (Å²) in [5.41, 5.74) is 1.84. The lowest BCUT2D eigenvalue weighted by Gasteiger charge is -2.08. The van der Waals surface area contributed by atoms with Crippen molar-refractivity contribution in [2.75, 3.05) is 5.32 Å². The Morgan fingerprint density at radius 3 is 2.70 bits per heavy atom. The third-order valence-corrected chi connectivity index (χ3v) is 3.36. The van der Waals surface area contributed by atoms with Crippen LogP contribution in [0.15, 0.2) is 40.9 Å². The van der Waals surface area contributed by atoms with Gasteiger partial charge in [-0.25, -0.2) is 4.39 Å². The smallest absolute Gasteiger partial charge is 0.293 e. The Kier molecular flexibility index (Phi) is 4.34. The second-order valence-corrected chi connectivity index (χ2v) is 5.27. The average Bonchev–Trinajstić information content (AvgIpc) is 2.41. The van der Waals surface area contributed by atoms with E-state index in [0.29, 0.717) is 22.3 Å². The third kappa shape index (κ3) is 3.33. The Bertz CT molecular complexity index is 662. The summed E-state index contributed by atoms with van der Waals surface area (Å²) in [7, 11) is 0. The van der Waals surface area contributed by atoms with Crippen LogP contribution >= 0.6 is 15.9 Å². The molecule has 0 aliphatic carbocycles. The number of benzene rings is 2. The Hall–Kier alpha value is -1.95. The van der Waals surface area contributed by atoms with E-state index in [1.165, 1.54) is 12.1 Å². The van der Waals surface area contributed by atoms with Gasteiger partial charge in [0.25, 0.3) is 5.69 Å². The van der Waals surface area contributed by atoms with Gasteiger partial charge in [0.1, 0.15) is 11.5 Å². The maximum absolute atomic E-state index is 13.2. The molecule has 104 valence electrons. The van der Waals surface area contributed by atoms with Crippen molar-refractivity contribution in [3.05, 3.63) is 67.9 Å². The molecular formula is C14H12BrFN2O2. The van der Waals surface area contributed by atoms with Crippen molar-refractivity contribution >= 4 is 27.3 Å². The fraction of sp³-hybridized carbons (Fsp3) is 0.143. The first-order valence-corrected chi connectivity index (χ1v) is 6.69. The van der Waals surface area contributed by atoms with Crippen LogP contribution in [0.5, 0.6) is 0 Å². The van der Waals surface area contributed by atoms with Gasteiger partial charge < -0.3 is 5.32 Å². The molecule has 0 radical (unpaired) electrons. The quantitative estimate of drug-likeness (QED) is 0.663. The fourth-order valence-electron chi connectivity index (χ4n) is 1.82. The Morgan fingerprint density at radius 1 is 1.30 bits per heavy atom. The zero-order valence-corrected chi connectivity index (χ0v) is 12.3. The third-order valence-electron chi connectivity index (χ3n) is 2.86. The van der Waals surface area contributed by atoms with E-state index < -0.39 is 4.92 Å². The normalized spacial score (nSPS) is 10.3. The minimum absolute atomic E-state index is 0.00166. The predicted octanol–water partition coefficient (Wildman–Crippen LogP) is 4.42. The highest BCUT2D eigenvalue weighted by molar-refractivity contribution is 9.10. The van der Waals surface area contributed by atoms with Gasteiger partial charge in [0.05, 0.1) is 4.92 Å². The van der Waals surface area contributed by atoms with E-state index >= 15 is 0 Å². The summed E-state index contributed by atoms with van der Waals surface area (Å²) in [5, 5.41) is 14.0. The molecule has 0 saturated heterocycles. The molecule has 0 aliphatic rings. The van der Waals surface area contributed by atoms with Gasteiger partial charge in [0.2, 0.25) is 0 Å². The molecule has 1 N–H and O–H groups in total. The number of nitro groups is 1.